The van der Waals surface area contributed by atoms with E-state index in [1.54, 1.807) is 0 Å². The second kappa shape index (κ2) is 13.6. The highest BCUT2D eigenvalue weighted by atomic mass is 16.3. The highest BCUT2D eigenvalue weighted by Gasteiger charge is 2.34. The van der Waals surface area contributed by atoms with Gasteiger partial charge in [0.05, 0.1) is 22.8 Å². The fraction of sp³-hybridized carbons (Fsp3) is 0.167. The van der Waals surface area contributed by atoms with Gasteiger partial charge in [0.2, 0.25) is 0 Å². The van der Waals surface area contributed by atoms with Crippen LogP contribution in [-0.2, 0) is 0 Å². The van der Waals surface area contributed by atoms with E-state index < -0.39 is 0 Å². The fourth-order valence-electron chi connectivity index (χ4n) is 10.1. The van der Waals surface area contributed by atoms with Crippen molar-refractivity contribution in [2.24, 2.45) is 16.8 Å². The average Bonchev–Trinajstić information content (AvgIpc) is 3.79. The average molecular weight is 737 g/mol. The second-order valence-electron chi connectivity index (χ2n) is 16.2. The third kappa shape index (κ3) is 5.59. The van der Waals surface area contributed by atoms with Gasteiger partial charge in [-0.25, -0.2) is 0 Å². The van der Waals surface area contributed by atoms with Crippen molar-refractivity contribution in [3.05, 3.63) is 187 Å². The lowest BCUT2D eigenvalue weighted by molar-refractivity contribution is 0.362. The summed E-state index contributed by atoms with van der Waals surface area (Å²) in [5.41, 5.74) is 10.4. The van der Waals surface area contributed by atoms with Gasteiger partial charge in [-0.1, -0.05) is 141 Å². The Bertz CT molecular complexity index is 3170. The van der Waals surface area contributed by atoms with Crippen molar-refractivity contribution in [1.82, 2.24) is 4.57 Å². The standard InChI is InChI=1S/C54H44N2O/c1-3-42-43(28-25-34(2)52(55-53(42)36-16-5-4-6-17-36)40-27-26-35-15-7-8-18-37(35)29-40)41-31-47-45-22-12-14-24-51(45)57-54(47)50(33-41)56-48-23-13-11-21-44(48)46-30-38-19-9-10-20-39(38)32-49(46)56/h4-24,26-27,29-34,42-43,52H,3,25,28H2,1-2H3. The first-order valence-electron chi connectivity index (χ1n) is 20.6. The van der Waals surface area contributed by atoms with E-state index in [0.717, 1.165) is 41.5 Å². The fourth-order valence-corrected chi connectivity index (χ4v) is 10.1. The van der Waals surface area contributed by atoms with Gasteiger partial charge in [0.15, 0.2) is 5.58 Å². The molecule has 0 amide bonds. The maximum atomic E-state index is 6.89. The number of fused-ring (bicyclic) bond motifs is 8. The highest BCUT2D eigenvalue weighted by Crippen LogP contribution is 2.46. The minimum atomic E-state index is 0.0723. The molecular weight excluding hydrogens is 693 g/mol. The van der Waals surface area contributed by atoms with Gasteiger partial charge in [0, 0.05) is 33.2 Å². The predicted molar refractivity (Wildman–Crippen MR) is 240 cm³/mol. The predicted octanol–water partition coefficient (Wildman–Crippen LogP) is 14.8. The number of benzene rings is 8. The van der Waals surface area contributed by atoms with Gasteiger partial charge in [0.1, 0.15) is 5.58 Å². The van der Waals surface area contributed by atoms with Gasteiger partial charge in [-0.2, -0.15) is 0 Å². The van der Waals surface area contributed by atoms with Crippen LogP contribution in [0.3, 0.4) is 0 Å². The quantitative estimate of drug-likeness (QED) is 0.173. The largest absolute Gasteiger partial charge is 0.454 e. The molecule has 276 valence electrons. The molecule has 11 rings (SSSR count). The number of rotatable bonds is 5. The Morgan fingerprint density at radius 2 is 1.25 bits per heavy atom. The molecule has 0 bridgehead atoms. The van der Waals surface area contributed by atoms with E-state index in [1.165, 1.54) is 71.1 Å². The molecule has 1 aliphatic heterocycles. The summed E-state index contributed by atoms with van der Waals surface area (Å²) in [6.45, 7) is 4.77. The first kappa shape index (κ1) is 33.9. The number of hydrogen-bond donors (Lipinski definition) is 0. The third-order valence-electron chi connectivity index (χ3n) is 12.9. The van der Waals surface area contributed by atoms with Crippen molar-refractivity contribution >= 4 is 71.0 Å². The van der Waals surface area contributed by atoms with Gasteiger partial charge in [0.25, 0.3) is 0 Å². The monoisotopic (exact) mass is 736 g/mol. The lowest BCUT2D eigenvalue weighted by Gasteiger charge is -2.35. The molecule has 1 aliphatic rings. The van der Waals surface area contributed by atoms with Gasteiger partial charge in [-0.3, -0.25) is 4.99 Å². The molecule has 3 heterocycles. The molecule has 10 aromatic rings. The molecule has 0 spiro atoms. The van der Waals surface area contributed by atoms with E-state index in [-0.39, 0.29) is 17.9 Å². The zero-order valence-electron chi connectivity index (χ0n) is 32.4. The Morgan fingerprint density at radius 1 is 0.561 bits per heavy atom. The van der Waals surface area contributed by atoms with E-state index in [1.807, 2.05) is 0 Å². The minimum Gasteiger partial charge on any atom is -0.454 e. The summed E-state index contributed by atoms with van der Waals surface area (Å²) in [7, 11) is 0. The summed E-state index contributed by atoms with van der Waals surface area (Å²) in [6, 6.07) is 62.5. The van der Waals surface area contributed by atoms with E-state index >= 15 is 0 Å². The molecule has 8 aromatic carbocycles. The molecule has 3 heteroatoms. The number of hydrogen-bond acceptors (Lipinski definition) is 2. The number of para-hydroxylation sites is 2. The molecular formula is C54H44N2O. The Hall–Kier alpha value is -6.45. The third-order valence-corrected chi connectivity index (χ3v) is 12.9. The molecule has 0 fully saturated rings. The first-order chi connectivity index (χ1) is 28.1. The Labute approximate surface area is 332 Å². The number of furan rings is 1. The molecule has 3 nitrogen and oxygen atoms in total. The van der Waals surface area contributed by atoms with Crippen molar-refractivity contribution < 1.29 is 4.42 Å². The highest BCUT2D eigenvalue weighted by molar-refractivity contribution is 6.15. The van der Waals surface area contributed by atoms with E-state index in [4.69, 9.17) is 9.41 Å². The molecule has 4 atom stereocenters. The minimum absolute atomic E-state index is 0.0723. The van der Waals surface area contributed by atoms with Crippen LogP contribution < -0.4 is 0 Å². The molecule has 0 saturated heterocycles. The zero-order valence-corrected chi connectivity index (χ0v) is 32.4. The summed E-state index contributed by atoms with van der Waals surface area (Å²) in [6.07, 6.45) is 3.12. The van der Waals surface area contributed by atoms with Crippen LogP contribution in [0.25, 0.3) is 71.0 Å². The topological polar surface area (TPSA) is 30.4 Å². The molecule has 2 aromatic heterocycles. The van der Waals surface area contributed by atoms with Gasteiger partial charge in [-0.15, -0.1) is 0 Å². The van der Waals surface area contributed by atoms with Crippen LogP contribution in [0.4, 0.5) is 0 Å². The SMILES string of the molecule is CCC1C(c2ccccc2)=NC(c2ccc3ccccc3c2)C(C)CCC1c1cc(-n2c3ccccc3c3cc4ccccc4cc32)c2oc3ccccc3c2c1. The first-order valence-corrected chi connectivity index (χ1v) is 20.6. The lowest BCUT2D eigenvalue weighted by atomic mass is 9.73. The Kier molecular flexibility index (Phi) is 8.10. The Morgan fingerprint density at radius 3 is 2.05 bits per heavy atom. The molecule has 0 N–H and O–H groups in total. The van der Waals surface area contributed by atoms with Crippen LogP contribution >= 0.6 is 0 Å². The molecule has 57 heavy (non-hydrogen) atoms. The maximum absolute atomic E-state index is 6.89. The van der Waals surface area contributed by atoms with E-state index in [2.05, 4.69) is 188 Å². The Balaban J connectivity index is 1.16. The van der Waals surface area contributed by atoms with E-state index in [0.29, 0.717) is 5.92 Å². The summed E-state index contributed by atoms with van der Waals surface area (Å²) >= 11 is 0. The summed E-state index contributed by atoms with van der Waals surface area (Å²) in [4.78, 5) is 5.87. The normalized spacial score (nSPS) is 19.1. The summed E-state index contributed by atoms with van der Waals surface area (Å²) in [5.74, 6) is 0.821. The molecule has 0 radical (unpaired) electrons. The number of nitrogens with zero attached hydrogens (tertiary/aromatic N) is 2. The zero-order chi connectivity index (χ0) is 38.0. The van der Waals surface area contributed by atoms with Crippen molar-refractivity contribution in [2.75, 3.05) is 0 Å². The molecule has 4 unspecified atom stereocenters. The van der Waals surface area contributed by atoms with Crippen LogP contribution in [0.2, 0.25) is 0 Å². The van der Waals surface area contributed by atoms with Crippen LogP contribution in [-0.4, -0.2) is 10.3 Å². The smallest absolute Gasteiger partial charge is 0.159 e. The second-order valence-corrected chi connectivity index (χ2v) is 16.2. The summed E-state index contributed by atoms with van der Waals surface area (Å²) < 4.78 is 9.36. The lowest BCUT2D eigenvalue weighted by Crippen LogP contribution is -2.28. The molecule has 0 aliphatic carbocycles. The van der Waals surface area contributed by atoms with Crippen LogP contribution in [0.1, 0.15) is 61.8 Å². The van der Waals surface area contributed by atoms with Crippen LogP contribution in [0.15, 0.2) is 179 Å². The van der Waals surface area contributed by atoms with E-state index in [9.17, 15) is 0 Å². The van der Waals surface area contributed by atoms with Gasteiger partial charge < -0.3 is 8.98 Å². The van der Waals surface area contributed by atoms with Crippen LogP contribution in [0, 0.1) is 11.8 Å². The van der Waals surface area contributed by atoms with Crippen molar-refractivity contribution in [3.8, 4) is 5.69 Å². The summed E-state index contributed by atoms with van der Waals surface area (Å²) in [5, 5.41) is 9.85. The van der Waals surface area contributed by atoms with Crippen molar-refractivity contribution in [2.45, 2.75) is 45.1 Å². The van der Waals surface area contributed by atoms with Gasteiger partial charge >= 0.3 is 0 Å². The van der Waals surface area contributed by atoms with Crippen molar-refractivity contribution in [3.63, 3.8) is 0 Å². The van der Waals surface area contributed by atoms with Crippen LogP contribution in [0.5, 0.6) is 0 Å². The molecule has 0 saturated carbocycles. The number of aromatic nitrogens is 1. The van der Waals surface area contributed by atoms with Gasteiger partial charge in [-0.05, 0) is 112 Å². The van der Waals surface area contributed by atoms with Crippen molar-refractivity contribution in [1.29, 1.82) is 0 Å². The number of aliphatic imine (C=N–C) groups is 1. The maximum Gasteiger partial charge on any atom is 0.159 e.